The molecule has 3 heterocycles. The second kappa shape index (κ2) is 7.86. The molecular weight excluding hydrogens is 416 g/mol. The van der Waals surface area contributed by atoms with Crippen molar-refractivity contribution in [1.82, 2.24) is 9.21 Å². The van der Waals surface area contributed by atoms with Crippen molar-refractivity contribution in [3.8, 4) is 0 Å². The minimum absolute atomic E-state index is 0.0181. The third-order valence-electron chi connectivity index (χ3n) is 7.17. The number of likely N-dealkylation sites (tertiary alicyclic amines) is 1. The van der Waals surface area contributed by atoms with Gasteiger partial charge in [0.2, 0.25) is 21.8 Å². The molecule has 1 aromatic rings. The second-order valence-electron chi connectivity index (χ2n) is 9.90. The van der Waals surface area contributed by atoms with Gasteiger partial charge in [-0.05, 0) is 70.2 Å². The first kappa shape index (κ1) is 22.2. The molecule has 1 N–H and O–H groups in total. The molecule has 2 saturated heterocycles. The Hall–Kier alpha value is -1.97. The van der Waals surface area contributed by atoms with Crippen LogP contribution in [-0.4, -0.2) is 74.0 Å². The Bertz CT molecular complexity index is 983. The van der Waals surface area contributed by atoms with E-state index < -0.39 is 10.0 Å². The Balaban J connectivity index is 1.40. The van der Waals surface area contributed by atoms with E-state index in [2.05, 4.69) is 10.2 Å². The van der Waals surface area contributed by atoms with Crippen LogP contribution in [0.2, 0.25) is 0 Å². The Labute approximate surface area is 184 Å². The number of para-hydroxylation sites is 2. The Morgan fingerprint density at radius 3 is 2.45 bits per heavy atom. The molecule has 0 unspecified atom stereocenters. The monoisotopic (exact) mass is 448 g/mol. The SMILES string of the molecule is CC1(C)CCC2(CCN(CC(=O)N3CC(=O)Nc4ccccc43)CC2)CN1S(C)(=O)=O. The maximum absolute atomic E-state index is 13.0. The predicted octanol–water partition coefficient (Wildman–Crippen LogP) is 1.89. The van der Waals surface area contributed by atoms with Crippen molar-refractivity contribution in [2.24, 2.45) is 5.41 Å². The Morgan fingerprint density at radius 2 is 1.77 bits per heavy atom. The quantitative estimate of drug-likeness (QED) is 0.763. The molecular formula is C22H32N4O4S. The number of nitrogens with one attached hydrogen (secondary N) is 1. The van der Waals surface area contributed by atoms with Crippen molar-refractivity contribution in [3.05, 3.63) is 24.3 Å². The molecule has 0 bridgehead atoms. The number of fused-ring (bicyclic) bond motifs is 1. The summed E-state index contributed by atoms with van der Waals surface area (Å²) in [6.07, 6.45) is 4.90. The molecule has 170 valence electrons. The smallest absolute Gasteiger partial charge is 0.244 e. The number of rotatable bonds is 3. The fourth-order valence-corrected chi connectivity index (χ4v) is 6.68. The average Bonchev–Trinajstić information content (AvgIpc) is 2.70. The van der Waals surface area contributed by atoms with Crippen LogP contribution in [0, 0.1) is 5.41 Å². The molecule has 1 spiro atoms. The normalized spacial score (nSPS) is 24.0. The average molecular weight is 449 g/mol. The number of benzene rings is 1. The van der Waals surface area contributed by atoms with Gasteiger partial charge in [0.25, 0.3) is 0 Å². The van der Waals surface area contributed by atoms with Crippen LogP contribution in [0.3, 0.4) is 0 Å². The molecule has 2 fully saturated rings. The van der Waals surface area contributed by atoms with Gasteiger partial charge in [-0.2, -0.15) is 4.31 Å². The lowest BCUT2D eigenvalue weighted by atomic mass is 9.69. The molecule has 8 nitrogen and oxygen atoms in total. The first-order chi connectivity index (χ1) is 14.5. The molecule has 2 amide bonds. The third kappa shape index (κ3) is 4.49. The van der Waals surface area contributed by atoms with Crippen LogP contribution < -0.4 is 10.2 Å². The summed E-state index contributed by atoms with van der Waals surface area (Å²) >= 11 is 0. The van der Waals surface area contributed by atoms with Gasteiger partial charge in [-0.1, -0.05) is 12.1 Å². The lowest BCUT2D eigenvalue weighted by Gasteiger charge is -2.52. The topological polar surface area (TPSA) is 90.0 Å². The highest BCUT2D eigenvalue weighted by molar-refractivity contribution is 7.88. The summed E-state index contributed by atoms with van der Waals surface area (Å²) in [6, 6.07) is 7.35. The number of sulfonamides is 1. The van der Waals surface area contributed by atoms with Crippen LogP contribution in [0.5, 0.6) is 0 Å². The highest BCUT2D eigenvalue weighted by Gasteiger charge is 2.47. The van der Waals surface area contributed by atoms with E-state index >= 15 is 0 Å². The molecule has 4 rings (SSSR count). The summed E-state index contributed by atoms with van der Waals surface area (Å²) in [5, 5.41) is 2.81. The molecule has 0 radical (unpaired) electrons. The van der Waals surface area contributed by atoms with E-state index in [1.165, 1.54) is 6.26 Å². The summed E-state index contributed by atoms with van der Waals surface area (Å²) in [5.41, 5.74) is 1.03. The summed E-state index contributed by atoms with van der Waals surface area (Å²) in [7, 11) is -3.27. The van der Waals surface area contributed by atoms with Crippen LogP contribution in [0.15, 0.2) is 24.3 Å². The maximum Gasteiger partial charge on any atom is 0.244 e. The first-order valence-electron chi connectivity index (χ1n) is 10.9. The van der Waals surface area contributed by atoms with Gasteiger partial charge < -0.3 is 5.32 Å². The molecule has 31 heavy (non-hydrogen) atoms. The van der Waals surface area contributed by atoms with Crippen LogP contribution >= 0.6 is 0 Å². The van der Waals surface area contributed by atoms with Gasteiger partial charge in [0.1, 0.15) is 6.54 Å². The van der Waals surface area contributed by atoms with Crippen LogP contribution in [0.4, 0.5) is 11.4 Å². The van der Waals surface area contributed by atoms with Crippen molar-refractivity contribution in [3.63, 3.8) is 0 Å². The minimum Gasteiger partial charge on any atom is -0.323 e. The molecule has 1 aromatic carbocycles. The minimum atomic E-state index is -3.27. The molecule has 3 aliphatic rings. The maximum atomic E-state index is 13.0. The number of nitrogens with zero attached hydrogens (tertiary/aromatic N) is 3. The second-order valence-corrected chi connectivity index (χ2v) is 11.8. The molecule has 0 aliphatic carbocycles. The van der Waals surface area contributed by atoms with Gasteiger partial charge >= 0.3 is 0 Å². The van der Waals surface area contributed by atoms with Gasteiger partial charge in [-0.15, -0.1) is 0 Å². The van der Waals surface area contributed by atoms with E-state index in [1.807, 2.05) is 32.0 Å². The van der Waals surface area contributed by atoms with Crippen molar-refractivity contribution < 1.29 is 18.0 Å². The summed E-state index contributed by atoms with van der Waals surface area (Å²) in [4.78, 5) is 28.7. The highest BCUT2D eigenvalue weighted by Crippen LogP contribution is 2.45. The third-order valence-corrected chi connectivity index (χ3v) is 8.59. The number of carbonyl (C=O) groups is 2. The fraction of sp³-hybridized carbons (Fsp3) is 0.636. The van der Waals surface area contributed by atoms with Crippen LogP contribution in [-0.2, 0) is 19.6 Å². The molecule has 3 aliphatic heterocycles. The largest absolute Gasteiger partial charge is 0.323 e. The molecule has 0 aromatic heterocycles. The zero-order valence-electron chi connectivity index (χ0n) is 18.6. The molecule has 0 saturated carbocycles. The number of carbonyl (C=O) groups excluding carboxylic acids is 2. The fourth-order valence-electron chi connectivity index (χ4n) is 5.19. The van der Waals surface area contributed by atoms with E-state index in [0.29, 0.717) is 12.2 Å². The lowest BCUT2D eigenvalue weighted by molar-refractivity contribution is -0.123. The van der Waals surface area contributed by atoms with Gasteiger partial charge in [0, 0.05) is 12.1 Å². The van der Waals surface area contributed by atoms with E-state index in [4.69, 9.17) is 0 Å². The van der Waals surface area contributed by atoms with Gasteiger partial charge in [0.05, 0.1) is 24.2 Å². The lowest BCUT2D eigenvalue weighted by Crippen LogP contribution is -2.59. The predicted molar refractivity (Wildman–Crippen MR) is 120 cm³/mol. The zero-order chi connectivity index (χ0) is 22.4. The molecule has 0 atom stereocenters. The standard InChI is InChI=1S/C22H32N4O4S/c1-21(2)8-9-22(16-26(21)31(3,29)30)10-12-24(13-11-22)15-20(28)25-14-19(27)23-17-6-4-5-7-18(17)25/h4-7H,8-16H2,1-3H3,(H,23,27). The summed E-state index contributed by atoms with van der Waals surface area (Å²) in [6.45, 7) is 6.37. The van der Waals surface area contributed by atoms with Crippen LogP contribution in [0.1, 0.15) is 39.5 Å². The molecule has 9 heteroatoms. The van der Waals surface area contributed by atoms with Crippen molar-refractivity contribution in [2.75, 3.05) is 49.2 Å². The van der Waals surface area contributed by atoms with E-state index in [9.17, 15) is 18.0 Å². The van der Waals surface area contributed by atoms with Gasteiger partial charge in [-0.25, -0.2) is 8.42 Å². The van der Waals surface area contributed by atoms with Gasteiger partial charge in [-0.3, -0.25) is 19.4 Å². The first-order valence-corrected chi connectivity index (χ1v) is 12.7. The number of piperidine rings is 2. The zero-order valence-corrected chi connectivity index (χ0v) is 19.4. The van der Waals surface area contributed by atoms with Crippen LogP contribution in [0.25, 0.3) is 0 Å². The van der Waals surface area contributed by atoms with E-state index in [-0.39, 0.29) is 35.9 Å². The summed E-state index contributed by atoms with van der Waals surface area (Å²) in [5.74, 6) is -0.267. The van der Waals surface area contributed by atoms with E-state index in [0.717, 1.165) is 44.5 Å². The highest BCUT2D eigenvalue weighted by atomic mass is 32.2. The number of hydrogen-bond donors (Lipinski definition) is 1. The number of amides is 2. The van der Waals surface area contributed by atoms with E-state index in [1.54, 1.807) is 15.3 Å². The van der Waals surface area contributed by atoms with Crippen molar-refractivity contribution in [2.45, 2.75) is 45.1 Å². The Morgan fingerprint density at radius 1 is 1.10 bits per heavy atom. The van der Waals surface area contributed by atoms with Crippen molar-refractivity contribution >= 4 is 33.2 Å². The van der Waals surface area contributed by atoms with Gasteiger partial charge in [0.15, 0.2) is 0 Å². The van der Waals surface area contributed by atoms with Crippen molar-refractivity contribution in [1.29, 1.82) is 0 Å². The number of hydrogen-bond acceptors (Lipinski definition) is 5. The summed E-state index contributed by atoms with van der Waals surface area (Å²) < 4.78 is 26.4. The Kier molecular flexibility index (Phi) is 5.64. The number of anilines is 2.